The standard InChI is InChI=1S/C13H18ClNO2/c14-5-1-6-15-7-4-11-2-3-12-13(10-11)17-9-8-16-12/h2-3,10,15H,1,4-9H2. The Hall–Kier alpha value is -0.930. The average molecular weight is 256 g/mol. The van der Waals surface area contributed by atoms with Crippen molar-refractivity contribution < 1.29 is 9.47 Å². The molecule has 0 fully saturated rings. The van der Waals surface area contributed by atoms with Crippen LogP contribution in [0.25, 0.3) is 0 Å². The summed E-state index contributed by atoms with van der Waals surface area (Å²) >= 11 is 5.61. The number of halogens is 1. The summed E-state index contributed by atoms with van der Waals surface area (Å²) in [6.07, 6.45) is 2.02. The van der Waals surface area contributed by atoms with Crippen LogP contribution in [0.5, 0.6) is 11.5 Å². The summed E-state index contributed by atoms with van der Waals surface area (Å²) in [6.45, 7) is 3.24. The third-order valence-corrected chi connectivity index (χ3v) is 2.95. The number of ether oxygens (including phenoxy) is 2. The Morgan fingerprint density at radius 2 is 1.94 bits per heavy atom. The van der Waals surface area contributed by atoms with E-state index in [1.165, 1.54) is 5.56 Å². The number of benzene rings is 1. The van der Waals surface area contributed by atoms with Crippen molar-refractivity contribution in [3.8, 4) is 11.5 Å². The lowest BCUT2D eigenvalue weighted by Crippen LogP contribution is -2.19. The van der Waals surface area contributed by atoms with Crippen LogP contribution in [0.3, 0.4) is 0 Å². The molecule has 0 saturated heterocycles. The van der Waals surface area contributed by atoms with Gasteiger partial charge in [0.25, 0.3) is 0 Å². The molecule has 1 aromatic rings. The van der Waals surface area contributed by atoms with Crippen LogP contribution < -0.4 is 14.8 Å². The van der Waals surface area contributed by atoms with E-state index in [1.807, 2.05) is 6.07 Å². The largest absolute Gasteiger partial charge is 0.486 e. The molecule has 2 rings (SSSR count). The summed E-state index contributed by atoms with van der Waals surface area (Å²) in [5.41, 5.74) is 1.27. The maximum atomic E-state index is 5.61. The Bertz CT molecular complexity index is 357. The molecule has 1 aromatic carbocycles. The van der Waals surface area contributed by atoms with Crippen molar-refractivity contribution >= 4 is 11.6 Å². The Morgan fingerprint density at radius 1 is 1.12 bits per heavy atom. The number of rotatable bonds is 6. The number of hydrogen-bond acceptors (Lipinski definition) is 3. The van der Waals surface area contributed by atoms with Crippen LogP contribution in [0.4, 0.5) is 0 Å². The first-order valence-corrected chi connectivity index (χ1v) is 6.59. The smallest absolute Gasteiger partial charge is 0.161 e. The highest BCUT2D eigenvalue weighted by Gasteiger charge is 2.11. The SMILES string of the molecule is ClCCCNCCc1ccc2c(c1)OCCO2. The Balaban J connectivity index is 1.81. The van der Waals surface area contributed by atoms with Crippen molar-refractivity contribution in [1.82, 2.24) is 5.32 Å². The van der Waals surface area contributed by atoms with Crippen LogP contribution >= 0.6 is 11.6 Å². The van der Waals surface area contributed by atoms with E-state index in [0.717, 1.165) is 43.3 Å². The molecule has 17 heavy (non-hydrogen) atoms. The molecule has 0 aliphatic carbocycles. The Morgan fingerprint density at radius 3 is 2.76 bits per heavy atom. The molecule has 94 valence electrons. The lowest BCUT2D eigenvalue weighted by atomic mass is 10.1. The van der Waals surface area contributed by atoms with Crippen molar-refractivity contribution in [2.24, 2.45) is 0 Å². The van der Waals surface area contributed by atoms with E-state index in [2.05, 4.69) is 17.4 Å². The first kappa shape index (κ1) is 12.5. The quantitative estimate of drug-likeness (QED) is 0.625. The topological polar surface area (TPSA) is 30.5 Å². The Labute approximate surface area is 107 Å². The summed E-state index contributed by atoms with van der Waals surface area (Å²) in [6, 6.07) is 6.15. The summed E-state index contributed by atoms with van der Waals surface area (Å²) in [5.74, 6) is 2.45. The van der Waals surface area contributed by atoms with Gasteiger partial charge < -0.3 is 14.8 Å². The van der Waals surface area contributed by atoms with Gasteiger partial charge in [-0.1, -0.05) is 6.07 Å². The van der Waals surface area contributed by atoms with Gasteiger partial charge in [-0.25, -0.2) is 0 Å². The molecule has 0 bridgehead atoms. The number of alkyl halides is 1. The number of hydrogen-bond donors (Lipinski definition) is 1. The van der Waals surface area contributed by atoms with Crippen molar-refractivity contribution in [3.05, 3.63) is 23.8 Å². The first-order chi connectivity index (χ1) is 8.40. The fourth-order valence-electron chi connectivity index (χ4n) is 1.79. The highest BCUT2D eigenvalue weighted by molar-refractivity contribution is 6.17. The van der Waals surface area contributed by atoms with Gasteiger partial charge in [-0.2, -0.15) is 0 Å². The molecule has 1 heterocycles. The molecule has 1 N–H and O–H groups in total. The van der Waals surface area contributed by atoms with Crippen LogP contribution in [0.1, 0.15) is 12.0 Å². The predicted molar refractivity (Wildman–Crippen MR) is 69.3 cm³/mol. The lowest BCUT2D eigenvalue weighted by molar-refractivity contribution is 0.171. The van der Waals surface area contributed by atoms with E-state index in [-0.39, 0.29) is 0 Å². The van der Waals surface area contributed by atoms with E-state index < -0.39 is 0 Å². The summed E-state index contributed by atoms with van der Waals surface area (Å²) in [7, 11) is 0. The summed E-state index contributed by atoms with van der Waals surface area (Å²) < 4.78 is 11.0. The number of fused-ring (bicyclic) bond motifs is 1. The molecular formula is C13H18ClNO2. The molecule has 1 aliphatic rings. The molecule has 0 spiro atoms. The minimum Gasteiger partial charge on any atom is -0.486 e. The monoisotopic (exact) mass is 255 g/mol. The zero-order valence-electron chi connectivity index (χ0n) is 9.88. The normalized spacial score (nSPS) is 13.7. The van der Waals surface area contributed by atoms with Crippen molar-refractivity contribution in [1.29, 1.82) is 0 Å². The molecular weight excluding hydrogens is 238 g/mol. The lowest BCUT2D eigenvalue weighted by Gasteiger charge is -2.18. The second-order valence-corrected chi connectivity index (χ2v) is 4.40. The molecule has 0 saturated carbocycles. The van der Waals surface area contributed by atoms with Gasteiger partial charge in [0.1, 0.15) is 13.2 Å². The second kappa shape index (κ2) is 6.72. The minimum atomic E-state index is 0.643. The van der Waals surface area contributed by atoms with E-state index in [0.29, 0.717) is 13.2 Å². The molecule has 4 heteroatoms. The third kappa shape index (κ3) is 3.79. The zero-order valence-corrected chi connectivity index (χ0v) is 10.6. The molecule has 0 atom stereocenters. The van der Waals surface area contributed by atoms with Crippen LogP contribution in [-0.2, 0) is 6.42 Å². The van der Waals surface area contributed by atoms with Gasteiger partial charge in [-0.05, 0) is 43.6 Å². The van der Waals surface area contributed by atoms with Gasteiger partial charge in [-0.15, -0.1) is 11.6 Å². The number of nitrogens with one attached hydrogen (secondary N) is 1. The van der Waals surface area contributed by atoms with Crippen molar-refractivity contribution in [2.75, 3.05) is 32.2 Å². The summed E-state index contributed by atoms with van der Waals surface area (Å²) in [5, 5.41) is 3.36. The average Bonchev–Trinajstić information content (AvgIpc) is 2.38. The van der Waals surface area contributed by atoms with Gasteiger partial charge in [0.05, 0.1) is 0 Å². The molecule has 3 nitrogen and oxygen atoms in total. The van der Waals surface area contributed by atoms with Crippen molar-refractivity contribution in [2.45, 2.75) is 12.8 Å². The molecule has 0 amide bonds. The van der Waals surface area contributed by atoms with E-state index in [1.54, 1.807) is 0 Å². The molecule has 0 unspecified atom stereocenters. The van der Waals surface area contributed by atoms with Gasteiger partial charge in [0, 0.05) is 5.88 Å². The summed E-state index contributed by atoms with van der Waals surface area (Å²) in [4.78, 5) is 0. The third-order valence-electron chi connectivity index (χ3n) is 2.68. The maximum Gasteiger partial charge on any atom is 0.161 e. The van der Waals surface area contributed by atoms with Gasteiger partial charge >= 0.3 is 0 Å². The van der Waals surface area contributed by atoms with E-state index in [9.17, 15) is 0 Å². The zero-order chi connectivity index (χ0) is 11.9. The molecule has 0 radical (unpaired) electrons. The molecule has 1 aliphatic heterocycles. The van der Waals surface area contributed by atoms with Gasteiger partial charge in [0.15, 0.2) is 11.5 Å². The van der Waals surface area contributed by atoms with E-state index in [4.69, 9.17) is 21.1 Å². The van der Waals surface area contributed by atoms with Crippen LogP contribution in [0.2, 0.25) is 0 Å². The first-order valence-electron chi connectivity index (χ1n) is 6.05. The van der Waals surface area contributed by atoms with Gasteiger partial charge in [-0.3, -0.25) is 0 Å². The van der Waals surface area contributed by atoms with Crippen LogP contribution in [0.15, 0.2) is 18.2 Å². The predicted octanol–water partition coefficient (Wildman–Crippen LogP) is 2.22. The van der Waals surface area contributed by atoms with Crippen LogP contribution in [0, 0.1) is 0 Å². The molecule has 0 aromatic heterocycles. The second-order valence-electron chi connectivity index (χ2n) is 4.02. The fraction of sp³-hybridized carbons (Fsp3) is 0.538. The highest BCUT2D eigenvalue weighted by Crippen LogP contribution is 2.30. The Kier molecular flexibility index (Phi) is 4.95. The van der Waals surface area contributed by atoms with Crippen LogP contribution in [-0.4, -0.2) is 32.2 Å². The highest BCUT2D eigenvalue weighted by atomic mass is 35.5. The fourth-order valence-corrected chi connectivity index (χ4v) is 1.93. The minimum absolute atomic E-state index is 0.643. The maximum absolute atomic E-state index is 5.61. The van der Waals surface area contributed by atoms with Gasteiger partial charge in [0.2, 0.25) is 0 Å². The van der Waals surface area contributed by atoms with E-state index >= 15 is 0 Å². The van der Waals surface area contributed by atoms with Crippen molar-refractivity contribution in [3.63, 3.8) is 0 Å².